The minimum Gasteiger partial charge on any atom is -0.497 e. The van der Waals surface area contributed by atoms with Crippen LogP contribution in [0.15, 0.2) is 27.1 Å². The molecule has 2 aromatic heterocycles. The third kappa shape index (κ3) is 2.95. The Bertz CT molecular complexity index is 868. The SMILES string of the molecule is COCCNC(=O)c1nc(-c2oc3ccc(OC)cc3c2C)no1. The number of amides is 1. The molecule has 3 rings (SSSR count). The average Bonchev–Trinajstić information content (AvgIpc) is 3.20. The van der Waals surface area contributed by atoms with Crippen LogP contribution in [0.1, 0.15) is 16.2 Å². The Morgan fingerprint density at radius 1 is 1.33 bits per heavy atom. The molecule has 8 heteroatoms. The van der Waals surface area contributed by atoms with Crippen molar-refractivity contribution in [2.45, 2.75) is 6.92 Å². The number of furan rings is 1. The minimum absolute atomic E-state index is 0.126. The average molecular weight is 331 g/mol. The van der Waals surface area contributed by atoms with E-state index in [0.29, 0.717) is 24.5 Å². The summed E-state index contributed by atoms with van der Waals surface area (Å²) in [5.74, 6) is 0.821. The zero-order valence-electron chi connectivity index (χ0n) is 13.6. The number of aryl methyl sites for hydroxylation is 1. The van der Waals surface area contributed by atoms with Crippen molar-refractivity contribution in [1.82, 2.24) is 15.5 Å². The number of fused-ring (bicyclic) bond motifs is 1. The predicted octanol–water partition coefficient (Wildman–Crippen LogP) is 2.18. The number of benzene rings is 1. The lowest BCUT2D eigenvalue weighted by atomic mass is 10.1. The van der Waals surface area contributed by atoms with E-state index in [1.165, 1.54) is 0 Å². The molecule has 24 heavy (non-hydrogen) atoms. The number of hydrogen-bond acceptors (Lipinski definition) is 7. The number of nitrogens with one attached hydrogen (secondary N) is 1. The lowest BCUT2D eigenvalue weighted by Crippen LogP contribution is -2.27. The summed E-state index contributed by atoms with van der Waals surface area (Å²) in [5, 5.41) is 7.33. The first kappa shape index (κ1) is 16.0. The van der Waals surface area contributed by atoms with Gasteiger partial charge in [-0.1, -0.05) is 5.16 Å². The number of methoxy groups -OCH3 is 2. The van der Waals surface area contributed by atoms with Crippen LogP contribution in [0.4, 0.5) is 0 Å². The molecule has 0 bridgehead atoms. The quantitative estimate of drug-likeness (QED) is 0.691. The van der Waals surface area contributed by atoms with Crippen molar-refractivity contribution in [1.29, 1.82) is 0 Å². The molecule has 0 aliphatic rings. The molecule has 0 radical (unpaired) electrons. The number of carbonyl (C=O) groups excluding carboxylic acids is 1. The predicted molar refractivity (Wildman–Crippen MR) is 85.0 cm³/mol. The summed E-state index contributed by atoms with van der Waals surface area (Å²) in [6, 6.07) is 5.49. The lowest BCUT2D eigenvalue weighted by molar-refractivity contribution is 0.0893. The van der Waals surface area contributed by atoms with Crippen LogP contribution >= 0.6 is 0 Å². The first-order valence-electron chi connectivity index (χ1n) is 7.32. The van der Waals surface area contributed by atoms with E-state index in [9.17, 15) is 4.79 Å². The van der Waals surface area contributed by atoms with Crippen LogP contribution in [-0.2, 0) is 4.74 Å². The van der Waals surface area contributed by atoms with Gasteiger partial charge >= 0.3 is 11.8 Å². The van der Waals surface area contributed by atoms with Crippen molar-refractivity contribution in [3.8, 4) is 17.3 Å². The molecular formula is C16H17N3O5. The van der Waals surface area contributed by atoms with Gasteiger partial charge in [-0.15, -0.1) is 0 Å². The molecule has 0 fully saturated rings. The molecule has 2 heterocycles. The number of rotatable bonds is 6. The van der Waals surface area contributed by atoms with Crippen LogP contribution < -0.4 is 10.1 Å². The van der Waals surface area contributed by atoms with Gasteiger partial charge in [-0.05, 0) is 25.1 Å². The summed E-state index contributed by atoms with van der Waals surface area (Å²) in [7, 11) is 3.15. The van der Waals surface area contributed by atoms with Crippen LogP contribution in [0.2, 0.25) is 0 Å². The zero-order chi connectivity index (χ0) is 17.1. The normalized spacial score (nSPS) is 11.0. The first-order chi connectivity index (χ1) is 11.6. The molecule has 0 saturated heterocycles. The molecule has 0 aliphatic carbocycles. The molecule has 1 aromatic carbocycles. The van der Waals surface area contributed by atoms with Gasteiger partial charge in [0.05, 0.1) is 13.7 Å². The molecular weight excluding hydrogens is 314 g/mol. The number of nitrogens with zero attached hydrogens (tertiary/aromatic N) is 2. The highest BCUT2D eigenvalue weighted by atomic mass is 16.5. The van der Waals surface area contributed by atoms with Crippen molar-refractivity contribution in [3.63, 3.8) is 0 Å². The fourth-order valence-corrected chi connectivity index (χ4v) is 2.29. The van der Waals surface area contributed by atoms with E-state index < -0.39 is 5.91 Å². The maximum Gasteiger partial charge on any atom is 0.316 e. The van der Waals surface area contributed by atoms with Gasteiger partial charge in [-0.3, -0.25) is 4.79 Å². The van der Waals surface area contributed by atoms with Crippen molar-refractivity contribution in [3.05, 3.63) is 29.7 Å². The number of carbonyl (C=O) groups is 1. The van der Waals surface area contributed by atoms with Gasteiger partial charge in [0.15, 0.2) is 5.76 Å². The maximum atomic E-state index is 11.9. The second-order valence-corrected chi connectivity index (χ2v) is 5.09. The summed E-state index contributed by atoms with van der Waals surface area (Å²) in [6.45, 7) is 2.64. The van der Waals surface area contributed by atoms with Crippen LogP contribution in [0.3, 0.4) is 0 Å². The molecule has 0 aliphatic heterocycles. The topological polar surface area (TPSA) is 99.6 Å². The highest BCUT2D eigenvalue weighted by molar-refractivity contribution is 5.91. The zero-order valence-corrected chi connectivity index (χ0v) is 13.6. The Morgan fingerprint density at radius 2 is 2.17 bits per heavy atom. The largest absolute Gasteiger partial charge is 0.497 e. The van der Waals surface area contributed by atoms with E-state index >= 15 is 0 Å². The van der Waals surface area contributed by atoms with Crippen LogP contribution in [0, 0.1) is 6.92 Å². The molecule has 8 nitrogen and oxygen atoms in total. The minimum atomic E-state index is -0.457. The van der Waals surface area contributed by atoms with Gasteiger partial charge in [-0.2, -0.15) is 4.98 Å². The lowest BCUT2D eigenvalue weighted by Gasteiger charge is -1.99. The number of hydrogen-bond donors (Lipinski definition) is 1. The summed E-state index contributed by atoms with van der Waals surface area (Å²) in [6.07, 6.45) is 0. The van der Waals surface area contributed by atoms with Gasteiger partial charge in [0.25, 0.3) is 0 Å². The van der Waals surface area contributed by atoms with E-state index in [-0.39, 0.29) is 11.7 Å². The highest BCUT2D eigenvalue weighted by Crippen LogP contribution is 2.33. The van der Waals surface area contributed by atoms with E-state index in [1.807, 2.05) is 19.1 Å². The van der Waals surface area contributed by atoms with Crippen LogP contribution in [0.5, 0.6) is 5.75 Å². The Balaban J connectivity index is 1.88. The molecule has 126 valence electrons. The highest BCUT2D eigenvalue weighted by Gasteiger charge is 2.21. The van der Waals surface area contributed by atoms with Gasteiger partial charge in [0.2, 0.25) is 5.82 Å². The van der Waals surface area contributed by atoms with Crippen molar-refractivity contribution < 1.29 is 23.2 Å². The van der Waals surface area contributed by atoms with Crippen molar-refractivity contribution in [2.24, 2.45) is 0 Å². The standard InChI is InChI=1S/C16H17N3O5/c1-9-11-8-10(22-3)4-5-12(11)23-13(9)14-18-16(24-19-14)15(20)17-6-7-21-2/h4-5,8H,6-7H2,1-3H3,(H,17,20). The third-order valence-electron chi connectivity index (χ3n) is 3.56. The molecule has 0 spiro atoms. The summed E-state index contributed by atoms with van der Waals surface area (Å²) >= 11 is 0. The molecule has 0 saturated carbocycles. The Hall–Kier alpha value is -2.87. The number of ether oxygens (including phenoxy) is 2. The maximum absolute atomic E-state index is 11.9. The van der Waals surface area contributed by atoms with Crippen molar-refractivity contribution in [2.75, 3.05) is 27.4 Å². The Kier molecular flexibility index (Phi) is 4.48. The second-order valence-electron chi connectivity index (χ2n) is 5.09. The second kappa shape index (κ2) is 6.71. The third-order valence-corrected chi connectivity index (χ3v) is 3.56. The van der Waals surface area contributed by atoms with E-state index in [1.54, 1.807) is 20.3 Å². The smallest absolute Gasteiger partial charge is 0.316 e. The van der Waals surface area contributed by atoms with E-state index in [2.05, 4.69) is 15.5 Å². The fourth-order valence-electron chi connectivity index (χ4n) is 2.29. The molecule has 1 amide bonds. The van der Waals surface area contributed by atoms with Gasteiger partial charge < -0.3 is 23.7 Å². The van der Waals surface area contributed by atoms with Crippen LogP contribution in [-0.4, -0.2) is 43.4 Å². The Morgan fingerprint density at radius 3 is 2.92 bits per heavy atom. The monoisotopic (exact) mass is 331 g/mol. The summed E-state index contributed by atoms with van der Waals surface area (Å²) in [5.41, 5.74) is 1.52. The summed E-state index contributed by atoms with van der Waals surface area (Å²) < 4.78 is 20.9. The van der Waals surface area contributed by atoms with Gasteiger partial charge in [0.1, 0.15) is 11.3 Å². The number of aromatic nitrogens is 2. The molecule has 3 aromatic rings. The van der Waals surface area contributed by atoms with Gasteiger partial charge in [-0.25, -0.2) is 0 Å². The van der Waals surface area contributed by atoms with Crippen LogP contribution in [0.25, 0.3) is 22.6 Å². The molecule has 1 N–H and O–H groups in total. The van der Waals surface area contributed by atoms with Gasteiger partial charge in [0, 0.05) is 24.6 Å². The summed E-state index contributed by atoms with van der Waals surface area (Å²) in [4.78, 5) is 16.0. The first-order valence-corrected chi connectivity index (χ1v) is 7.32. The molecule has 0 unspecified atom stereocenters. The Labute approximate surface area is 137 Å². The molecule has 0 atom stereocenters. The van der Waals surface area contributed by atoms with E-state index in [4.69, 9.17) is 18.4 Å². The fraction of sp³-hybridized carbons (Fsp3) is 0.312. The van der Waals surface area contributed by atoms with E-state index in [0.717, 1.165) is 16.7 Å². The van der Waals surface area contributed by atoms with Crippen molar-refractivity contribution >= 4 is 16.9 Å².